The Balaban J connectivity index is 2.58. The van der Waals surface area contributed by atoms with E-state index in [1.54, 1.807) is 30.8 Å². The summed E-state index contributed by atoms with van der Waals surface area (Å²) in [6.07, 6.45) is 0. The van der Waals surface area contributed by atoms with Crippen molar-refractivity contribution in [2.75, 3.05) is 13.2 Å². The minimum absolute atomic E-state index is 0.203. The van der Waals surface area contributed by atoms with E-state index in [0.717, 1.165) is 5.56 Å². The first-order valence-electron chi connectivity index (χ1n) is 7.16. The van der Waals surface area contributed by atoms with E-state index in [9.17, 15) is 9.90 Å². The predicted octanol–water partition coefficient (Wildman–Crippen LogP) is 2.89. The van der Waals surface area contributed by atoms with Gasteiger partial charge < -0.3 is 14.6 Å². The average Bonchev–Trinajstić information content (AvgIpc) is 2.76. The van der Waals surface area contributed by atoms with Crippen molar-refractivity contribution in [3.63, 3.8) is 0 Å². The molecule has 0 spiro atoms. The van der Waals surface area contributed by atoms with Gasteiger partial charge in [0.25, 0.3) is 0 Å². The molecule has 6 nitrogen and oxygen atoms in total. The number of benzene rings is 1. The van der Waals surface area contributed by atoms with Crippen molar-refractivity contribution in [2.24, 2.45) is 7.05 Å². The number of carbonyl (C=O) groups is 1. The van der Waals surface area contributed by atoms with Gasteiger partial charge in [-0.2, -0.15) is 5.10 Å². The molecular weight excluding hydrogens is 284 g/mol. The fraction of sp³-hybridized carbons (Fsp3) is 0.375. The van der Waals surface area contributed by atoms with Gasteiger partial charge in [-0.25, -0.2) is 4.79 Å². The third-order valence-corrected chi connectivity index (χ3v) is 3.25. The summed E-state index contributed by atoms with van der Waals surface area (Å²) in [7, 11) is 1.73. The predicted molar refractivity (Wildman–Crippen MR) is 82.7 cm³/mol. The normalized spacial score (nSPS) is 10.5. The number of hydrogen-bond donors (Lipinski definition) is 1. The number of aromatic nitrogens is 2. The Morgan fingerprint density at radius 2 is 1.86 bits per heavy atom. The van der Waals surface area contributed by atoms with Gasteiger partial charge in [0.05, 0.1) is 24.6 Å². The van der Waals surface area contributed by atoms with Crippen LogP contribution in [0.15, 0.2) is 18.2 Å². The third-order valence-electron chi connectivity index (χ3n) is 3.25. The number of hydrogen-bond acceptors (Lipinski definition) is 4. The van der Waals surface area contributed by atoms with Gasteiger partial charge in [-0.3, -0.25) is 4.68 Å². The third kappa shape index (κ3) is 2.90. The second kappa shape index (κ2) is 6.51. The maximum Gasteiger partial charge on any atom is 0.339 e. The highest BCUT2D eigenvalue weighted by Gasteiger charge is 2.21. The fourth-order valence-electron chi connectivity index (χ4n) is 2.44. The number of aryl methyl sites for hydroxylation is 2. The topological polar surface area (TPSA) is 73.6 Å². The van der Waals surface area contributed by atoms with Crippen LogP contribution in [-0.4, -0.2) is 34.1 Å². The SMILES string of the molecule is CCOc1ccc(-c2c(C(=O)O)c(C)nn2C)cc1OCC. The van der Waals surface area contributed by atoms with Gasteiger partial charge in [0.1, 0.15) is 5.56 Å². The Kier molecular flexibility index (Phi) is 4.70. The molecule has 2 rings (SSSR count). The minimum Gasteiger partial charge on any atom is -0.490 e. The summed E-state index contributed by atoms with van der Waals surface area (Å²) in [5, 5.41) is 13.6. The Hall–Kier alpha value is -2.50. The van der Waals surface area contributed by atoms with Crippen molar-refractivity contribution in [3.8, 4) is 22.8 Å². The standard InChI is InChI=1S/C16H20N2O4/c1-5-21-12-8-7-11(9-13(12)22-6-2)15-14(16(19)20)10(3)17-18(15)4/h7-9H,5-6H2,1-4H3,(H,19,20). The molecule has 0 aliphatic rings. The van der Waals surface area contributed by atoms with Crippen LogP contribution in [0.5, 0.6) is 11.5 Å². The molecule has 0 fully saturated rings. The van der Waals surface area contributed by atoms with Crippen LogP contribution >= 0.6 is 0 Å². The molecule has 118 valence electrons. The summed E-state index contributed by atoms with van der Waals surface area (Å²) < 4.78 is 12.7. The van der Waals surface area contributed by atoms with Crippen LogP contribution in [0.3, 0.4) is 0 Å². The summed E-state index contributed by atoms with van der Waals surface area (Å²) >= 11 is 0. The Morgan fingerprint density at radius 3 is 2.45 bits per heavy atom. The molecule has 1 aromatic heterocycles. The molecule has 0 aliphatic heterocycles. The van der Waals surface area contributed by atoms with Gasteiger partial charge in [-0.05, 0) is 39.0 Å². The highest BCUT2D eigenvalue weighted by Crippen LogP contribution is 2.34. The number of nitrogens with zero attached hydrogens (tertiary/aromatic N) is 2. The van der Waals surface area contributed by atoms with Gasteiger partial charge >= 0.3 is 5.97 Å². The van der Waals surface area contributed by atoms with Crippen LogP contribution in [0, 0.1) is 6.92 Å². The largest absolute Gasteiger partial charge is 0.490 e. The van der Waals surface area contributed by atoms with Crippen LogP contribution < -0.4 is 9.47 Å². The average molecular weight is 304 g/mol. The van der Waals surface area contributed by atoms with E-state index in [2.05, 4.69) is 5.10 Å². The van der Waals surface area contributed by atoms with E-state index in [0.29, 0.717) is 36.1 Å². The quantitative estimate of drug-likeness (QED) is 0.888. The number of rotatable bonds is 6. The van der Waals surface area contributed by atoms with Gasteiger partial charge in [0.2, 0.25) is 0 Å². The Labute approximate surface area is 129 Å². The molecule has 0 saturated heterocycles. The van der Waals surface area contributed by atoms with Gasteiger partial charge in [0, 0.05) is 12.6 Å². The molecular formula is C16H20N2O4. The summed E-state index contributed by atoms with van der Waals surface area (Å²) in [6, 6.07) is 5.39. The molecule has 0 saturated carbocycles. The lowest BCUT2D eigenvalue weighted by molar-refractivity contribution is 0.0697. The van der Waals surface area contributed by atoms with Crippen LogP contribution in [-0.2, 0) is 7.05 Å². The number of aromatic carboxylic acids is 1. The lowest BCUT2D eigenvalue weighted by Crippen LogP contribution is -2.03. The Morgan fingerprint density at radius 1 is 1.23 bits per heavy atom. The summed E-state index contributed by atoms with van der Waals surface area (Å²) in [6.45, 7) is 6.51. The van der Waals surface area contributed by atoms with E-state index in [1.807, 2.05) is 19.9 Å². The van der Waals surface area contributed by atoms with E-state index in [-0.39, 0.29) is 5.56 Å². The molecule has 0 amide bonds. The molecule has 0 unspecified atom stereocenters. The summed E-state index contributed by atoms with van der Waals surface area (Å²) in [5.41, 5.74) is 1.97. The fourth-order valence-corrected chi connectivity index (χ4v) is 2.44. The first-order chi connectivity index (χ1) is 10.5. The smallest absolute Gasteiger partial charge is 0.339 e. The second-order valence-corrected chi connectivity index (χ2v) is 4.77. The number of carboxylic acids is 1. The molecule has 0 radical (unpaired) electrons. The summed E-state index contributed by atoms with van der Waals surface area (Å²) in [4.78, 5) is 11.5. The molecule has 1 N–H and O–H groups in total. The van der Waals surface area contributed by atoms with E-state index in [4.69, 9.17) is 9.47 Å². The van der Waals surface area contributed by atoms with Crippen molar-refractivity contribution in [1.82, 2.24) is 9.78 Å². The molecule has 2 aromatic rings. The highest BCUT2D eigenvalue weighted by atomic mass is 16.5. The van der Waals surface area contributed by atoms with Crippen molar-refractivity contribution in [3.05, 3.63) is 29.5 Å². The van der Waals surface area contributed by atoms with Crippen LogP contribution in [0.4, 0.5) is 0 Å². The van der Waals surface area contributed by atoms with Crippen molar-refractivity contribution in [1.29, 1.82) is 0 Å². The molecule has 6 heteroatoms. The summed E-state index contributed by atoms with van der Waals surface area (Å²) in [5.74, 6) is 0.244. The van der Waals surface area contributed by atoms with Crippen molar-refractivity contribution < 1.29 is 19.4 Å². The van der Waals surface area contributed by atoms with Gasteiger partial charge in [-0.15, -0.1) is 0 Å². The zero-order valence-corrected chi connectivity index (χ0v) is 13.2. The van der Waals surface area contributed by atoms with Gasteiger partial charge in [-0.1, -0.05) is 0 Å². The molecule has 22 heavy (non-hydrogen) atoms. The van der Waals surface area contributed by atoms with E-state index < -0.39 is 5.97 Å². The monoisotopic (exact) mass is 304 g/mol. The first kappa shape index (κ1) is 15.9. The molecule has 0 aliphatic carbocycles. The first-order valence-corrected chi connectivity index (χ1v) is 7.16. The minimum atomic E-state index is -0.993. The van der Waals surface area contributed by atoms with Crippen LogP contribution in [0.2, 0.25) is 0 Å². The van der Waals surface area contributed by atoms with Gasteiger partial charge in [0.15, 0.2) is 11.5 Å². The second-order valence-electron chi connectivity index (χ2n) is 4.77. The Bertz CT molecular complexity index is 692. The molecule has 1 aromatic carbocycles. The van der Waals surface area contributed by atoms with Crippen LogP contribution in [0.25, 0.3) is 11.3 Å². The zero-order chi connectivity index (χ0) is 16.3. The molecule has 0 bridgehead atoms. The molecule has 1 heterocycles. The van der Waals surface area contributed by atoms with Crippen molar-refractivity contribution >= 4 is 5.97 Å². The van der Waals surface area contributed by atoms with E-state index in [1.165, 1.54) is 0 Å². The zero-order valence-electron chi connectivity index (χ0n) is 13.2. The van der Waals surface area contributed by atoms with E-state index >= 15 is 0 Å². The van der Waals surface area contributed by atoms with Crippen LogP contribution in [0.1, 0.15) is 29.9 Å². The number of carboxylic acid groups (broad SMARTS) is 1. The maximum absolute atomic E-state index is 11.5. The lowest BCUT2D eigenvalue weighted by Gasteiger charge is -2.13. The van der Waals surface area contributed by atoms with Crippen molar-refractivity contribution in [2.45, 2.75) is 20.8 Å². The molecule has 0 atom stereocenters. The highest BCUT2D eigenvalue weighted by molar-refractivity contribution is 5.96. The maximum atomic E-state index is 11.5. The lowest BCUT2D eigenvalue weighted by atomic mass is 10.1. The number of ether oxygens (including phenoxy) is 2.